The lowest BCUT2D eigenvalue weighted by Crippen LogP contribution is -1.96. The van der Waals surface area contributed by atoms with E-state index in [1.807, 2.05) is 30.3 Å². The van der Waals surface area contributed by atoms with Gasteiger partial charge in [0, 0.05) is 17.6 Å². The predicted molar refractivity (Wildman–Crippen MR) is 54.1 cm³/mol. The number of benzene rings is 1. The Morgan fingerprint density at radius 2 is 2.15 bits per heavy atom. The van der Waals surface area contributed by atoms with Crippen LogP contribution >= 0.6 is 0 Å². The van der Waals surface area contributed by atoms with Gasteiger partial charge in [-0.15, -0.1) is 0 Å². The zero-order valence-corrected chi connectivity index (χ0v) is 8.04. The summed E-state index contributed by atoms with van der Waals surface area (Å²) < 4.78 is 11.2. The van der Waals surface area contributed by atoms with E-state index in [4.69, 9.17) is 0 Å². The van der Waals surface area contributed by atoms with Crippen LogP contribution in [0.2, 0.25) is 0 Å². The lowest BCUT2D eigenvalue weighted by atomic mass is 10.2. The van der Waals surface area contributed by atoms with E-state index in [9.17, 15) is 4.55 Å². The Balaban J connectivity index is 2.62. The molecule has 0 fully saturated rings. The van der Waals surface area contributed by atoms with Crippen LogP contribution in [0.15, 0.2) is 41.4 Å². The molecule has 1 heterocycles. The second-order valence-electron chi connectivity index (χ2n) is 2.81. The second-order valence-corrected chi connectivity index (χ2v) is 4.19. The molecule has 1 atom stereocenters. The molecule has 0 aliphatic rings. The molecule has 0 saturated carbocycles. The Labute approximate surface area is 79.8 Å². The minimum absolute atomic E-state index is 0.848. The molecule has 1 unspecified atom stereocenters. The van der Waals surface area contributed by atoms with Gasteiger partial charge in [-0.3, -0.25) is 4.98 Å². The molecule has 0 bridgehead atoms. The van der Waals surface area contributed by atoms with Gasteiger partial charge in [0.1, 0.15) is 6.26 Å². The van der Waals surface area contributed by atoms with E-state index < -0.39 is 11.2 Å². The van der Waals surface area contributed by atoms with Gasteiger partial charge in [0.05, 0.1) is 5.52 Å². The number of aromatic nitrogens is 1. The summed E-state index contributed by atoms with van der Waals surface area (Å²) in [5.41, 5.74) is 0.941. The molecule has 2 aromatic rings. The van der Waals surface area contributed by atoms with Gasteiger partial charge in [-0.1, -0.05) is 6.07 Å². The molecule has 0 spiro atoms. The average Bonchev–Trinajstić information content (AvgIpc) is 2.17. The Morgan fingerprint density at radius 3 is 2.92 bits per heavy atom. The minimum atomic E-state index is -0.913. The quantitative estimate of drug-likeness (QED) is 0.646. The number of fused-ring (bicyclic) bond motifs is 1. The molecule has 0 radical (unpaired) electrons. The van der Waals surface area contributed by atoms with Crippen molar-refractivity contribution in [1.29, 1.82) is 0 Å². The zero-order chi connectivity index (χ0) is 9.26. The van der Waals surface area contributed by atoms with Gasteiger partial charge in [-0.25, -0.2) is 0 Å². The summed E-state index contributed by atoms with van der Waals surface area (Å²) in [7, 11) is 0. The number of rotatable bonds is 1. The summed E-state index contributed by atoms with van der Waals surface area (Å²) in [6.07, 6.45) is 3.43. The Hall–Kier alpha value is -1.06. The summed E-state index contributed by atoms with van der Waals surface area (Å²) in [5.74, 6) is 0. The van der Waals surface area contributed by atoms with Crippen molar-refractivity contribution in [3.63, 3.8) is 0 Å². The summed E-state index contributed by atoms with van der Waals surface area (Å²) in [4.78, 5) is 5.03. The van der Waals surface area contributed by atoms with Gasteiger partial charge in [-0.05, 0) is 29.4 Å². The molecule has 3 heteroatoms. The topological polar surface area (TPSA) is 36.0 Å². The molecule has 0 amide bonds. The second kappa shape index (κ2) is 3.36. The van der Waals surface area contributed by atoms with Crippen LogP contribution in [0.4, 0.5) is 0 Å². The fourth-order valence-electron chi connectivity index (χ4n) is 1.23. The summed E-state index contributed by atoms with van der Waals surface area (Å²) in [5, 5.41) is 1.04. The Bertz CT molecular complexity index is 428. The van der Waals surface area contributed by atoms with Crippen molar-refractivity contribution in [2.24, 2.45) is 0 Å². The van der Waals surface area contributed by atoms with Gasteiger partial charge in [-0.2, -0.15) is 0 Å². The summed E-state index contributed by atoms with van der Waals surface area (Å²) in [6, 6.07) is 9.51. The molecule has 0 aliphatic carbocycles. The van der Waals surface area contributed by atoms with Crippen LogP contribution in [-0.2, 0) is 11.2 Å². The third-order valence-electron chi connectivity index (χ3n) is 1.91. The molecular formula is C10H9NOS. The fraction of sp³-hybridized carbons (Fsp3) is 0.100. The van der Waals surface area contributed by atoms with Gasteiger partial charge >= 0.3 is 0 Å². The van der Waals surface area contributed by atoms with E-state index in [2.05, 4.69) is 4.98 Å². The molecule has 0 aliphatic heterocycles. The van der Waals surface area contributed by atoms with E-state index in [0.717, 1.165) is 15.8 Å². The maximum Gasteiger partial charge on any atom is 0.153 e. The molecule has 0 N–H and O–H groups in total. The van der Waals surface area contributed by atoms with E-state index in [0.29, 0.717) is 0 Å². The standard InChI is InChI=1S/C10H9NOS/c1-13(12)9-4-5-10-8(7-9)3-2-6-11-10/h2-7H,1H3. The summed E-state index contributed by atoms with van der Waals surface area (Å²) >= 11 is -0.913. The highest BCUT2D eigenvalue weighted by Gasteiger charge is 2.04. The fourth-order valence-corrected chi connectivity index (χ4v) is 1.79. The smallest absolute Gasteiger partial charge is 0.153 e. The monoisotopic (exact) mass is 191 g/mol. The number of hydrogen-bond acceptors (Lipinski definition) is 2. The maximum absolute atomic E-state index is 11.2. The largest absolute Gasteiger partial charge is 0.612 e. The molecule has 1 aromatic carbocycles. The molecule has 1 aromatic heterocycles. The molecule has 0 saturated heterocycles. The van der Waals surface area contributed by atoms with Crippen molar-refractivity contribution in [2.45, 2.75) is 4.90 Å². The van der Waals surface area contributed by atoms with E-state index in [1.54, 1.807) is 12.5 Å². The first-order valence-corrected chi connectivity index (χ1v) is 5.51. The zero-order valence-electron chi connectivity index (χ0n) is 7.23. The van der Waals surface area contributed by atoms with Crippen LogP contribution in [0.5, 0.6) is 0 Å². The lowest BCUT2D eigenvalue weighted by Gasteiger charge is -2.04. The first kappa shape index (κ1) is 8.53. The molecule has 66 valence electrons. The van der Waals surface area contributed by atoms with Crippen molar-refractivity contribution < 1.29 is 4.55 Å². The molecule has 2 nitrogen and oxygen atoms in total. The normalized spacial score (nSPS) is 13.1. The Kier molecular flexibility index (Phi) is 2.20. The van der Waals surface area contributed by atoms with Crippen molar-refractivity contribution >= 4 is 22.1 Å². The first-order chi connectivity index (χ1) is 6.27. The van der Waals surface area contributed by atoms with E-state index in [-0.39, 0.29) is 0 Å². The molecule has 13 heavy (non-hydrogen) atoms. The van der Waals surface area contributed by atoms with Crippen LogP contribution in [0, 0.1) is 0 Å². The molecule has 2 rings (SSSR count). The molecular weight excluding hydrogens is 182 g/mol. The third-order valence-corrected chi connectivity index (χ3v) is 2.82. The summed E-state index contributed by atoms with van der Waals surface area (Å²) in [6.45, 7) is 0. The van der Waals surface area contributed by atoms with Crippen LogP contribution in [0.1, 0.15) is 0 Å². The van der Waals surface area contributed by atoms with Crippen LogP contribution in [-0.4, -0.2) is 15.8 Å². The van der Waals surface area contributed by atoms with Gasteiger partial charge in [0.15, 0.2) is 4.90 Å². The van der Waals surface area contributed by atoms with Crippen LogP contribution < -0.4 is 0 Å². The highest BCUT2D eigenvalue weighted by atomic mass is 32.2. The van der Waals surface area contributed by atoms with Crippen LogP contribution in [0.3, 0.4) is 0 Å². The Morgan fingerprint density at radius 1 is 1.31 bits per heavy atom. The van der Waals surface area contributed by atoms with Crippen molar-refractivity contribution in [1.82, 2.24) is 4.98 Å². The average molecular weight is 191 g/mol. The lowest BCUT2D eigenvalue weighted by molar-refractivity contribution is 0.601. The highest BCUT2D eigenvalue weighted by molar-refractivity contribution is 7.90. The van der Waals surface area contributed by atoms with E-state index in [1.165, 1.54) is 0 Å². The van der Waals surface area contributed by atoms with Gasteiger partial charge in [0.25, 0.3) is 0 Å². The number of hydrogen-bond donors (Lipinski definition) is 0. The predicted octanol–water partition coefficient (Wildman–Crippen LogP) is 1.97. The van der Waals surface area contributed by atoms with Gasteiger partial charge in [0.2, 0.25) is 0 Å². The highest BCUT2D eigenvalue weighted by Crippen LogP contribution is 2.16. The van der Waals surface area contributed by atoms with Crippen molar-refractivity contribution in [3.05, 3.63) is 36.5 Å². The van der Waals surface area contributed by atoms with Crippen molar-refractivity contribution in [2.75, 3.05) is 6.26 Å². The number of pyridine rings is 1. The third kappa shape index (κ3) is 1.66. The van der Waals surface area contributed by atoms with E-state index >= 15 is 0 Å². The SMILES string of the molecule is C[S+]([O-])c1ccc2ncccc2c1. The maximum atomic E-state index is 11.2. The minimum Gasteiger partial charge on any atom is -0.612 e. The van der Waals surface area contributed by atoms with Crippen LogP contribution in [0.25, 0.3) is 10.9 Å². The first-order valence-electron chi connectivity index (χ1n) is 3.95. The number of nitrogens with zero attached hydrogens (tertiary/aromatic N) is 1. The van der Waals surface area contributed by atoms with Gasteiger partial charge < -0.3 is 4.55 Å². The van der Waals surface area contributed by atoms with Crippen molar-refractivity contribution in [3.8, 4) is 0 Å².